The molecule has 2 saturated carbocycles. The fraction of sp³-hybridized carbons (Fsp3) is 0.529. The largest absolute Gasteiger partial charge is 0.273 e. The Morgan fingerprint density at radius 3 is 2.45 bits per heavy atom. The maximum atomic E-state index is 12.0. The lowest BCUT2D eigenvalue weighted by atomic mass is 9.80. The van der Waals surface area contributed by atoms with Gasteiger partial charge >= 0.3 is 0 Å². The van der Waals surface area contributed by atoms with Crippen molar-refractivity contribution >= 4 is 12.1 Å². The number of hydrogen-bond acceptors (Lipinski definition) is 2. The summed E-state index contributed by atoms with van der Waals surface area (Å²) >= 11 is 0. The number of rotatable bonds is 3. The summed E-state index contributed by atoms with van der Waals surface area (Å²) < 4.78 is 0. The Hall–Kier alpha value is -1.64. The molecule has 1 aromatic rings. The van der Waals surface area contributed by atoms with Crippen LogP contribution in [0.15, 0.2) is 17.2 Å². The molecule has 0 aliphatic heterocycles. The fourth-order valence-electron chi connectivity index (χ4n) is 3.54. The van der Waals surface area contributed by atoms with E-state index in [1.165, 1.54) is 36.0 Å². The Labute approximate surface area is 120 Å². The summed E-state index contributed by atoms with van der Waals surface area (Å²) in [4.78, 5) is 12.0. The predicted octanol–water partition coefficient (Wildman–Crippen LogP) is 3.25. The van der Waals surface area contributed by atoms with Crippen LogP contribution < -0.4 is 5.43 Å². The third-order valence-corrected chi connectivity index (χ3v) is 4.96. The highest BCUT2D eigenvalue weighted by Gasteiger charge is 2.60. The normalized spacial score (nSPS) is 22.9. The van der Waals surface area contributed by atoms with Crippen LogP contribution in [0.1, 0.15) is 47.9 Å². The van der Waals surface area contributed by atoms with E-state index in [2.05, 4.69) is 43.4 Å². The average Bonchev–Trinajstić information content (AvgIpc) is 3.07. The standard InChI is InChI=1S/C17H22N2O/c1-11-7-12(2)14(13(3)8-11)10-18-19-16(20)15-9-17(15)5-4-6-17/h7-8,10,15H,4-6,9H2,1-3H3,(H,19,20)/b18-10+. The first-order valence-corrected chi connectivity index (χ1v) is 7.43. The molecule has 106 valence electrons. The zero-order chi connectivity index (χ0) is 14.3. The molecular weight excluding hydrogens is 248 g/mol. The summed E-state index contributed by atoms with van der Waals surface area (Å²) in [5.41, 5.74) is 7.84. The van der Waals surface area contributed by atoms with Gasteiger partial charge in [-0.3, -0.25) is 4.79 Å². The van der Waals surface area contributed by atoms with Crippen LogP contribution in [-0.4, -0.2) is 12.1 Å². The molecule has 1 atom stereocenters. The topological polar surface area (TPSA) is 41.5 Å². The van der Waals surface area contributed by atoms with E-state index in [9.17, 15) is 4.79 Å². The van der Waals surface area contributed by atoms with Crippen molar-refractivity contribution < 1.29 is 4.79 Å². The molecule has 1 unspecified atom stereocenters. The molecule has 1 spiro atoms. The minimum absolute atomic E-state index is 0.100. The van der Waals surface area contributed by atoms with Crippen molar-refractivity contribution in [2.24, 2.45) is 16.4 Å². The third-order valence-electron chi connectivity index (χ3n) is 4.96. The Morgan fingerprint density at radius 2 is 1.95 bits per heavy atom. The molecule has 0 heterocycles. The Kier molecular flexibility index (Phi) is 3.15. The van der Waals surface area contributed by atoms with E-state index in [1.807, 2.05) is 0 Å². The van der Waals surface area contributed by atoms with Crippen molar-refractivity contribution in [1.82, 2.24) is 5.43 Å². The molecule has 2 aliphatic carbocycles. The van der Waals surface area contributed by atoms with Gasteiger partial charge in [-0.2, -0.15) is 5.10 Å². The number of benzene rings is 1. The van der Waals surface area contributed by atoms with Gasteiger partial charge in [0, 0.05) is 11.5 Å². The number of hydrogen-bond donors (Lipinski definition) is 1. The number of amides is 1. The van der Waals surface area contributed by atoms with Gasteiger partial charge in [-0.05, 0) is 56.6 Å². The molecule has 20 heavy (non-hydrogen) atoms. The first-order chi connectivity index (χ1) is 9.52. The average molecular weight is 270 g/mol. The van der Waals surface area contributed by atoms with Crippen LogP contribution >= 0.6 is 0 Å². The molecule has 3 heteroatoms. The van der Waals surface area contributed by atoms with Crippen LogP contribution in [0.5, 0.6) is 0 Å². The summed E-state index contributed by atoms with van der Waals surface area (Å²) in [6.07, 6.45) is 6.58. The van der Waals surface area contributed by atoms with Crippen LogP contribution in [0.4, 0.5) is 0 Å². The van der Waals surface area contributed by atoms with E-state index in [-0.39, 0.29) is 11.8 Å². The molecule has 0 saturated heterocycles. The van der Waals surface area contributed by atoms with E-state index in [0.717, 1.165) is 12.0 Å². The second-order valence-corrected chi connectivity index (χ2v) is 6.52. The molecule has 1 N–H and O–H groups in total. The van der Waals surface area contributed by atoms with E-state index in [0.29, 0.717) is 5.41 Å². The minimum atomic E-state index is 0.100. The van der Waals surface area contributed by atoms with Crippen LogP contribution in [0.25, 0.3) is 0 Å². The number of hydrazone groups is 1. The van der Waals surface area contributed by atoms with E-state index in [4.69, 9.17) is 0 Å². The van der Waals surface area contributed by atoms with E-state index < -0.39 is 0 Å². The maximum Gasteiger partial charge on any atom is 0.243 e. The number of aryl methyl sites for hydroxylation is 3. The molecule has 0 aromatic heterocycles. The van der Waals surface area contributed by atoms with Gasteiger partial charge in [0.1, 0.15) is 0 Å². The summed E-state index contributed by atoms with van der Waals surface area (Å²) in [5.74, 6) is 0.317. The highest BCUT2D eigenvalue weighted by molar-refractivity contribution is 5.87. The first-order valence-electron chi connectivity index (χ1n) is 7.43. The Morgan fingerprint density at radius 1 is 1.30 bits per heavy atom. The van der Waals surface area contributed by atoms with Gasteiger partial charge < -0.3 is 0 Å². The van der Waals surface area contributed by atoms with Crippen molar-refractivity contribution in [3.8, 4) is 0 Å². The Bertz CT molecular complexity index is 562. The smallest absolute Gasteiger partial charge is 0.243 e. The fourth-order valence-corrected chi connectivity index (χ4v) is 3.54. The highest BCUT2D eigenvalue weighted by Crippen LogP contribution is 2.65. The molecule has 2 aliphatic rings. The van der Waals surface area contributed by atoms with Crippen molar-refractivity contribution in [3.63, 3.8) is 0 Å². The summed E-state index contributed by atoms with van der Waals surface area (Å²) in [6, 6.07) is 4.28. The minimum Gasteiger partial charge on any atom is -0.273 e. The van der Waals surface area contributed by atoms with Gasteiger partial charge in [0.25, 0.3) is 0 Å². The zero-order valence-electron chi connectivity index (χ0n) is 12.5. The maximum absolute atomic E-state index is 12.0. The highest BCUT2D eigenvalue weighted by atomic mass is 16.2. The summed E-state index contributed by atoms with van der Waals surface area (Å²) in [6.45, 7) is 6.24. The Balaban J connectivity index is 1.62. The lowest BCUT2D eigenvalue weighted by Gasteiger charge is -2.25. The lowest BCUT2D eigenvalue weighted by molar-refractivity contribution is -0.123. The van der Waals surface area contributed by atoms with Crippen molar-refractivity contribution in [3.05, 3.63) is 34.4 Å². The molecule has 0 radical (unpaired) electrons. The van der Waals surface area contributed by atoms with Gasteiger partial charge in [-0.15, -0.1) is 0 Å². The van der Waals surface area contributed by atoms with Crippen molar-refractivity contribution in [1.29, 1.82) is 0 Å². The molecular formula is C17H22N2O. The van der Waals surface area contributed by atoms with Gasteiger partial charge in [-0.25, -0.2) is 5.43 Å². The molecule has 2 fully saturated rings. The molecule has 3 nitrogen and oxygen atoms in total. The van der Waals surface area contributed by atoms with Gasteiger partial charge in [-0.1, -0.05) is 24.1 Å². The molecule has 1 aromatic carbocycles. The van der Waals surface area contributed by atoms with Crippen molar-refractivity contribution in [2.75, 3.05) is 0 Å². The third kappa shape index (κ3) is 2.26. The van der Waals surface area contributed by atoms with E-state index >= 15 is 0 Å². The number of nitrogens with zero attached hydrogens (tertiary/aromatic N) is 1. The molecule has 0 bridgehead atoms. The molecule has 1 amide bonds. The van der Waals surface area contributed by atoms with Gasteiger partial charge in [0.05, 0.1) is 6.21 Å². The number of carbonyl (C=O) groups excluding carboxylic acids is 1. The van der Waals surface area contributed by atoms with Crippen LogP contribution in [0.2, 0.25) is 0 Å². The van der Waals surface area contributed by atoms with Crippen molar-refractivity contribution in [2.45, 2.75) is 46.5 Å². The quantitative estimate of drug-likeness (QED) is 0.665. The zero-order valence-corrected chi connectivity index (χ0v) is 12.5. The molecule has 3 rings (SSSR count). The van der Waals surface area contributed by atoms with Crippen LogP contribution in [0.3, 0.4) is 0 Å². The van der Waals surface area contributed by atoms with E-state index in [1.54, 1.807) is 6.21 Å². The second kappa shape index (κ2) is 4.72. The van der Waals surface area contributed by atoms with Gasteiger partial charge in [0.2, 0.25) is 5.91 Å². The number of nitrogens with one attached hydrogen (secondary N) is 1. The predicted molar refractivity (Wildman–Crippen MR) is 80.8 cm³/mol. The number of carbonyl (C=O) groups is 1. The van der Waals surface area contributed by atoms with Crippen LogP contribution in [-0.2, 0) is 4.79 Å². The summed E-state index contributed by atoms with van der Waals surface area (Å²) in [5, 5.41) is 4.15. The second-order valence-electron chi connectivity index (χ2n) is 6.52. The monoisotopic (exact) mass is 270 g/mol. The summed E-state index contributed by atoms with van der Waals surface area (Å²) in [7, 11) is 0. The van der Waals surface area contributed by atoms with Gasteiger partial charge in [0.15, 0.2) is 0 Å². The SMILES string of the molecule is Cc1cc(C)c(/C=N/NC(=O)C2CC23CCC3)c(C)c1. The van der Waals surface area contributed by atoms with Crippen LogP contribution in [0, 0.1) is 32.1 Å². The lowest BCUT2D eigenvalue weighted by Crippen LogP contribution is -2.26. The first kappa shape index (κ1) is 13.3.